The highest BCUT2D eigenvalue weighted by Crippen LogP contribution is 2.21. The lowest BCUT2D eigenvalue weighted by Crippen LogP contribution is -2.50. The first-order valence-corrected chi connectivity index (χ1v) is 10.6. The number of hydrogen-bond donors (Lipinski definition) is 1. The smallest absolute Gasteiger partial charge is 0.254 e. The molecule has 0 radical (unpaired) electrons. The Hall–Kier alpha value is -2.91. The normalized spacial score (nSPS) is 15.0. The number of ether oxygens (including phenoxy) is 1. The summed E-state index contributed by atoms with van der Waals surface area (Å²) >= 11 is 0. The Balaban J connectivity index is 1.66. The molecule has 154 valence electrons. The predicted octanol–water partition coefficient (Wildman–Crippen LogP) is 1.80. The molecule has 1 N–H and O–H groups in total. The van der Waals surface area contributed by atoms with Crippen LogP contribution in [0.15, 0.2) is 53.4 Å². The molecule has 0 saturated carbocycles. The molecule has 0 aliphatic carbocycles. The van der Waals surface area contributed by atoms with Gasteiger partial charge in [-0.1, -0.05) is 6.07 Å². The van der Waals surface area contributed by atoms with Crippen molar-refractivity contribution in [3.8, 4) is 5.75 Å². The molecule has 1 fully saturated rings. The first-order valence-electron chi connectivity index (χ1n) is 9.12. The number of carbonyl (C=O) groups is 2. The molecule has 29 heavy (non-hydrogen) atoms. The zero-order valence-electron chi connectivity index (χ0n) is 16.3. The van der Waals surface area contributed by atoms with E-state index in [-0.39, 0.29) is 29.8 Å². The number of carbonyl (C=O) groups excluding carboxylic acids is 2. The fourth-order valence-corrected chi connectivity index (χ4v) is 4.57. The Morgan fingerprint density at radius 1 is 1.00 bits per heavy atom. The monoisotopic (exact) mass is 417 g/mol. The maximum absolute atomic E-state index is 12.8. The van der Waals surface area contributed by atoms with E-state index in [0.717, 1.165) is 0 Å². The number of rotatable bonds is 5. The molecule has 1 aliphatic rings. The third-order valence-corrected chi connectivity index (χ3v) is 6.57. The number of piperazine rings is 1. The standard InChI is InChI=1S/C20H23N3O5S/c1-15(24)21-17-5-3-4-16(14-17)20(25)22-10-12-23(13-11-22)29(26,27)19-8-6-18(28-2)7-9-19/h3-9,14H,10-13H2,1-2H3,(H,21,24). The van der Waals surface area contributed by atoms with Crippen molar-refractivity contribution in [2.24, 2.45) is 0 Å². The molecule has 0 atom stereocenters. The third-order valence-electron chi connectivity index (χ3n) is 4.65. The van der Waals surface area contributed by atoms with Gasteiger partial charge in [0.25, 0.3) is 5.91 Å². The van der Waals surface area contributed by atoms with E-state index in [1.807, 2.05) is 0 Å². The SMILES string of the molecule is COc1ccc(S(=O)(=O)N2CCN(C(=O)c3cccc(NC(C)=O)c3)CC2)cc1. The highest BCUT2D eigenvalue weighted by molar-refractivity contribution is 7.89. The van der Waals surface area contributed by atoms with Gasteiger partial charge in [0.2, 0.25) is 15.9 Å². The Morgan fingerprint density at radius 2 is 1.66 bits per heavy atom. The van der Waals surface area contributed by atoms with Crippen LogP contribution in [0.2, 0.25) is 0 Å². The summed E-state index contributed by atoms with van der Waals surface area (Å²) in [6.45, 7) is 2.41. The van der Waals surface area contributed by atoms with Crippen molar-refractivity contribution in [2.45, 2.75) is 11.8 Å². The van der Waals surface area contributed by atoms with Crippen molar-refractivity contribution in [3.63, 3.8) is 0 Å². The molecule has 2 aromatic rings. The van der Waals surface area contributed by atoms with Crippen LogP contribution in [0.5, 0.6) is 5.75 Å². The summed E-state index contributed by atoms with van der Waals surface area (Å²) in [7, 11) is -2.11. The Labute approximate surface area is 170 Å². The molecule has 1 saturated heterocycles. The molecular formula is C20H23N3O5S. The van der Waals surface area contributed by atoms with Crippen molar-refractivity contribution in [1.82, 2.24) is 9.21 Å². The van der Waals surface area contributed by atoms with Gasteiger partial charge in [0.15, 0.2) is 0 Å². The van der Waals surface area contributed by atoms with Crippen LogP contribution in [0.4, 0.5) is 5.69 Å². The Morgan fingerprint density at radius 3 is 2.24 bits per heavy atom. The Kier molecular flexibility index (Phi) is 6.19. The first-order chi connectivity index (χ1) is 13.8. The van der Waals surface area contributed by atoms with E-state index in [2.05, 4.69) is 5.32 Å². The molecule has 1 aliphatic heterocycles. The second-order valence-corrected chi connectivity index (χ2v) is 8.57. The molecule has 0 bridgehead atoms. The van der Waals surface area contributed by atoms with Gasteiger partial charge in [-0.3, -0.25) is 9.59 Å². The van der Waals surface area contributed by atoms with E-state index in [4.69, 9.17) is 4.74 Å². The van der Waals surface area contributed by atoms with Gasteiger partial charge in [-0.05, 0) is 42.5 Å². The molecule has 0 aromatic heterocycles. The fourth-order valence-electron chi connectivity index (χ4n) is 3.14. The minimum absolute atomic E-state index is 0.195. The van der Waals surface area contributed by atoms with Gasteiger partial charge in [0, 0.05) is 44.4 Å². The summed E-state index contributed by atoms with van der Waals surface area (Å²) in [6, 6.07) is 12.9. The summed E-state index contributed by atoms with van der Waals surface area (Å²) in [5, 5.41) is 2.65. The zero-order valence-corrected chi connectivity index (χ0v) is 17.1. The van der Waals surface area contributed by atoms with Gasteiger partial charge < -0.3 is 15.0 Å². The highest BCUT2D eigenvalue weighted by Gasteiger charge is 2.30. The van der Waals surface area contributed by atoms with Crippen LogP contribution >= 0.6 is 0 Å². The minimum Gasteiger partial charge on any atom is -0.497 e. The van der Waals surface area contributed by atoms with E-state index in [9.17, 15) is 18.0 Å². The lowest BCUT2D eigenvalue weighted by atomic mass is 10.1. The molecule has 3 rings (SSSR count). The second-order valence-electron chi connectivity index (χ2n) is 6.63. The van der Waals surface area contributed by atoms with Crippen LogP contribution in [-0.4, -0.2) is 62.7 Å². The first kappa shape index (κ1) is 20.8. The molecule has 1 heterocycles. The van der Waals surface area contributed by atoms with Crippen LogP contribution < -0.4 is 10.1 Å². The van der Waals surface area contributed by atoms with Crippen molar-refractivity contribution in [2.75, 3.05) is 38.6 Å². The maximum Gasteiger partial charge on any atom is 0.254 e. The van der Waals surface area contributed by atoms with Gasteiger partial charge in [0.05, 0.1) is 12.0 Å². The minimum atomic E-state index is -3.63. The number of methoxy groups -OCH3 is 1. The number of amides is 2. The van der Waals surface area contributed by atoms with Gasteiger partial charge >= 0.3 is 0 Å². The highest BCUT2D eigenvalue weighted by atomic mass is 32.2. The van der Waals surface area contributed by atoms with Crippen molar-refractivity contribution in [1.29, 1.82) is 0 Å². The number of hydrogen-bond acceptors (Lipinski definition) is 5. The van der Waals surface area contributed by atoms with Crippen LogP contribution in [0.3, 0.4) is 0 Å². The van der Waals surface area contributed by atoms with E-state index in [1.54, 1.807) is 41.3 Å². The van der Waals surface area contributed by atoms with Crippen LogP contribution in [0.25, 0.3) is 0 Å². The number of nitrogens with one attached hydrogen (secondary N) is 1. The van der Waals surface area contributed by atoms with E-state index in [1.165, 1.54) is 30.5 Å². The summed E-state index contributed by atoms with van der Waals surface area (Å²) in [5.74, 6) is 0.173. The third kappa shape index (κ3) is 4.75. The van der Waals surface area contributed by atoms with Crippen LogP contribution in [-0.2, 0) is 14.8 Å². The van der Waals surface area contributed by atoms with Crippen molar-refractivity contribution >= 4 is 27.5 Å². The fraction of sp³-hybridized carbons (Fsp3) is 0.300. The number of nitrogens with zero attached hydrogens (tertiary/aromatic N) is 2. The van der Waals surface area contributed by atoms with E-state index >= 15 is 0 Å². The largest absolute Gasteiger partial charge is 0.497 e. The topological polar surface area (TPSA) is 96.0 Å². The molecule has 9 heteroatoms. The second kappa shape index (κ2) is 8.62. The molecule has 8 nitrogen and oxygen atoms in total. The lowest BCUT2D eigenvalue weighted by Gasteiger charge is -2.34. The number of sulfonamides is 1. The van der Waals surface area contributed by atoms with Gasteiger partial charge in [-0.2, -0.15) is 4.31 Å². The van der Waals surface area contributed by atoms with Crippen LogP contribution in [0, 0.1) is 0 Å². The number of benzene rings is 2. The summed E-state index contributed by atoms with van der Waals surface area (Å²) in [6.07, 6.45) is 0. The maximum atomic E-state index is 12.8. The molecule has 2 aromatic carbocycles. The molecule has 2 amide bonds. The van der Waals surface area contributed by atoms with Crippen molar-refractivity contribution < 1.29 is 22.7 Å². The van der Waals surface area contributed by atoms with E-state index < -0.39 is 10.0 Å². The lowest BCUT2D eigenvalue weighted by molar-refractivity contribution is -0.114. The zero-order chi connectivity index (χ0) is 21.0. The number of anilines is 1. The quantitative estimate of drug-likeness (QED) is 0.800. The average Bonchev–Trinajstić information content (AvgIpc) is 2.73. The summed E-state index contributed by atoms with van der Waals surface area (Å²) in [4.78, 5) is 25.8. The predicted molar refractivity (Wildman–Crippen MR) is 108 cm³/mol. The van der Waals surface area contributed by atoms with Crippen LogP contribution in [0.1, 0.15) is 17.3 Å². The molecule has 0 spiro atoms. The molecular weight excluding hydrogens is 394 g/mol. The van der Waals surface area contributed by atoms with Gasteiger partial charge in [-0.25, -0.2) is 8.42 Å². The summed E-state index contributed by atoms with van der Waals surface area (Å²) in [5.41, 5.74) is 0.992. The summed E-state index contributed by atoms with van der Waals surface area (Å²) < 4.78 is 32.1. The van der Waals surface area contributed by atoms with Gasteiger partial charge in [0.1, 0.15) is 5.75 Å². The van der Waals surface area contributed by atoms with E-state index in [0.29, 0.717) is 30.1 Å². The van der Waals surface area contributed by atoms with Gasteiger partial charge in [-0.15, -0.1) is 0 Å². The molecule has 0 unspecified atom stereocenters. The average molecular weight is 417 g/mol. The Bertz CT molecular complexity index is 997. The van der Waals surface area contributed by atoms with Crippen molar-refractivity contribution in [3.05, 3.63) is 54.1 Å².